The van der Waals surface area contributed by atoms with Crippen molar-refractivity contribution >= 4 is 17.4 Å². The van der Waals surface area contributed by atoms with Crippen LogP contribution in [0.25, 0.3) is 0 Å². The molecule has 0 amide bonds. The van der Waals surface area contributed by atoms with Crippen molar-refractivity contribution in [3.05, 3.63) is 12.7 Å². The van der Waals surface area contributed by atoms with Crippen LogP contribution in [-0.4, -0.2) is 17.4 Å². The first-order chi connectivity index (χ1) is 5.95. The van der Waals surface area contributed by atoms with Gasteiger partial charge in [0.15, 0.2) is 17.4 Å². The highest BCUT2D eigenvalue weighted by atomic mass is 28.4. The standard InChI is InChI=1S/C10H23OSi2/c1-6-7-8-9-10-12(2)11-13(3,4)5/h6H,1,7-10H2,2-5H3. The van der Waals surface area contributed by atoms with E-state index in [-0.39, 0.29) is 0 Å². The predicted octanol–water partition coefficient (Wildman–Crippen LogP) is 3.82. The monoisotopic (exact) mass is 215 g/mol. The summed E-state index contributed by atoms with van der Waals surface area (Å²) in [6.45, 7) is 12.8. The molecule has 0 aliphatic carbocycles. The van der Waals surface area contributed by atoms with Crippen molar-refractivity contribution in [1.82, 2.24) is 0 Å². The molecule has 0 N–H and O–H groups in total. The molecule has 1 nitrogen and oxygen atoms in total. The highest BCUT2D eigenvalue weighted by Crippen LogP contribution is 2.11. The molecule has 0 aliphatic heterocycles. The Morgan fingerprint density at radius 3 is 2.38 bits per heavy atom. The maximum absolute atomic E-state index is 6.03. The summed E-state index contributed by atoms with van der Waals surface area (Å²) in [5.74, 6) is 0. The molecular weight excluding hydrogens is 192 g/mol. The first-order valence-corrected chi connectivity index (χ1v) is 10.6. The average Bonchev–Trinajstić information content (AvgIpc) is 1.94. The number of unbranched alkanes of at least 4 members (excludes halogenated alkanes) is 2. The Bertz CT molecular complexity index is 140. The summed E-state index contributed by atoms with van der Waals surface area (Å²) < 4.78 is 6.03. The van der Waals surface area contributed by atoms with E-state index in [1.54, 1.807) is 0 Å². The summed E-state index contributed by atoms with van der Waals surface area (Å²) in [4.78, 5) is 0. The summed E-state index contributed by atoms with van der Waals surface area (Å²) in [5, 5.41) is 0. The Balaban J connectivity index is 3.40. The summed E-state index contributed by atoms with van der Waals surface area (Å²) in [6.07, 6.45) is 5.74. The van der Waals surface area contributed by atoms with Crippen molar-refractivity contribution in [1.29, 1.82) is 0 Å². The zero-order valence-corrected chi connectivity index (χ0v) is 11.5. The van der Waals surface area contributed by atoms with Crippen molar-refractivity contribution in [2.75, 3.05) is 0 Å². The van der Waals surface area contributed by atoms with E-state index in [4.69, 9.17) is 4.12 Å². The largest absolute Gasteiger partial charge is 0.456 e. The van der Waals surface area contributed by atoms with Crippen molar-refractivity contribution in [3.63, 3.8) is 0 Å². The van der Waals surface area contributed by atoms with Gasteiger partial charge in [-0.05, 0) is 38.7 Å². The second-order valence-corrected chi connectivity index (χ2v) is 11.4. The lowest BCUT2D eigenvalue weighted by atomic mass is 10.2. The maximum Gasteiger partial charge on any atom is 0.194 e. The van der Waals surface area contributed by atoms with Gasteiger partial charge in [-0.3, -0.25) is 0 Å². The molecule has 0 saturated carbocycles. The van der Waals surface area contributed by atoms with E-state index in [9.17, 15) is 0 Å². The predicted molar refractivity (Wildman–Crippen MR) is 64.9 cm³/mol. The SMILES string of the molecule is C=CCCCC[Si](C)O[Si](C)(C)C. The van der Waals surface area contributed by atoms with E-state index < -0.39 is 17.4 Å². The van der Waals surface area contributed by atoms with Crippen LogP contribution in [0.1, 0.15) is 19.3 Å². The van der Waals surface area contributed by atoms with Gasteiger partial charge in [0.05, 0.1) is 0 Å². The Labute approximate surface area is 86.1 Å². The molecule has 77 valence electrons. The molecule has 0 aromatic carbocycles. The van der Waals surface area contributed by atoms with Gasteiger partial charge in [-0.15, -0.1) is 6.58 Å². The van der Waals surface area contributed by atoms with E-state index >= 15 is 0 Å². The fourth-order valence-electron chi connectivity index (χ4n) is 1.24. The molecule has 3 heteroatoms. The molecule has 1 radical (unpaired) electrons. The van der Waals surface area contributed by atoms with E-state index in [1.807, 2.05) is 6.08 Å². The Morgan fingerprint density at radius 2 is 1.92 bits per heavy atom. The minimum Gasteiger partial charge on any atom is -0.456 e. The van der Waals surface area contributed by atoms with Gasteiger partial charge in [-0.1, -0.05) is 18.9 Å². The maximum atomic E-state index is 6.03. The average molecular weight is 215 g/mol. The minimum atomic E-state index is -1.26. The van der Waals surface area contributed by atoms with Crippen molar-refractivity contribution in [2.24, 2.45) is 0 Å². The van der Waals surface area contributed by atoms with Crippen molar-refractivity contribution < 1.29 is 4.12 Å². The smallest absolute Gasteiger partial charge is 0.194 e. The lowest BCUT2D eigenvalue weighted by Gasteiger charge is -2.22. The molecule has 0 unspecified atom stereocenters. The molecule has 13 heavy (non-hydrogen) atoms. The lowest BCUT2D eigenvalue weighted by molar-refractivity contribution is 0.567. The molecule has 0 aliphatic rings. The van der Waals surface area contributed by atoms with Gasteiger partial charge in [0, 0.05) is 0 Å². The highest BCUT2D eigenvalue weighted by molar-refractivity contribution is 6.77. The first kappa shape index (κ1) is 13.1. The van der Waals surface area contributed by atoms with Crippen LogP contribution in [0.15, 0.2) is 12.7 Å². The first-order valence-electron chi connectivity index (χ1n) is 5.08. The summed E-state index contributed by atoms with van der Waals surface area (Å²) >= 11 is 0. The number of hydrogen-bond acceptors (Lipinski definition) is 1. The lowest BCUT2D eigenvalue weighted by Crippen LogP contribution is -2.32. The van der Waals surface area contributed by atoms with Gasteiger partial charge in [0.1, 0.15) is 0 Å². The third-order valence-corrected chi connectivity index (χ3v) is 6.57. The van der Waals surface area contributed by atoms with Crippen LogP contribution in [0, 0.1) is 0 Å². The van der Waals surface area contributed by atoms with Crippen molar-refractivity contribution in [3.8, 4) is 0 Å². The van der Waals surface area contributed by atoms with Crippen LogP contribution in [0.5, 0.6) is 0 Å². The highest BCUT2D eigenvalue weighted by Gasteiger charge is 2.18. The van der Waals surface area contributed by atoms with Gasteiger partial charge in [0.25, 0.3) is 0 Å². The van der Waals surface area contributed by atoms with Gasteiger partial charge in [-0.2, -0.15) is 0 Å². The zero-order chi connectivity index (χ0) is 10.3. The number of hydrogen-bond donors (Lipinski definition) is 0. The van der Waals surface area contributed by atoms with Gasteiger partial charge >= 0.3 is 0 Å². The quantitative estimate of drug-likeness (QED) is 0.356. The third-order valence-electron chi connectivity index (χ3n) is 1.67. The van der Waals surface area contributed by atoms with Gasteiger partial charge in [0.2, 0.25) is 0 Å². The molecular formula is C10H23OSi2. The van der Waals surface area contributed by atoms with Crippen LogP contribution in [0.3, 0.4) is 0 Å². The molecule has 0 spiro atoms. The van der Waals surface area contributed by atoms with Crippen LogP contribution >= 0.6 is 0 Å². The molecule has 0 saturated heterocycles. The second-order valence-electron chi connectivity index (χ2n) is 4.45. The Kier molecular flexibility index (Phi) is 6.63. The zero-order valence-electron chi connectivity index (χ0n) is 9.52. The molecule has 0 aromatic rings. The topological polar surface area (TPSA) is 9.23 Å². The van der Waals surface area contributed by atoms with Gasteiger partial charge < -0.3 is 4.12 Å². The molecule has 0 bridgehead atoms. The van der Waals surface area contributed by atoms with E-state index in [1.165, 1.54) is 18.9 Å². The van der Waals surface area contributed by atoms with Crippen LogP contribution in [-0.2, 0) is 4.12 Å². The number of rotatable bonds is 7. The Hall–Kier alpha value is 0.134. The second kappa shape index (κ2) is 6.57. The molecule has 0 fully saturated rings. The summed E-state index contributed by atoms with van der Waals surface area (Å²) in [7, 11) is -1.76. The Morgan fingerprint density at radius 1 is 1.31 bits per heavy atom. The molecule has 0 heterocycles. The van der Waals surface area contributed by atoms with E-state index in [0.717, 1.165) is 6.42 Å². The van der Waals surface area contributed by atoms with E-state index in [0.29, 0.717) is 0 Å². The fourth-order valence-corrected chi connectivity index (χ4v) is 6.57. The van der Waals surface area contributed by atoms with Crippen LogP contribution in [0.2, 0.25) is 32.2 Å². The third kappa shape index (κ3) is 10.1. The van der Waals surface area contributed by atoms with Crippen LogP contribution in [0.4, 0.5) is 0 Å². The van der Waals surface area contributed by atoms with E-state index in [2.05, 4.69) is 32.8 Å². The van der Waals surface area contributed by atoms with Crippen LogP contribution < -0.4 is 0 Å². The molecule has 0 aromatic heterocycles. The van der Waals surface area contributed by atoms with Crippen molar-refractivity contribution in [2.45, 2.75) is 51.5 Å². The summed E-state index contributed by atoms with van der Waals surface area (Å²) in [6, 6.07) is 1.29. The molecule has 0 rings (SSSR count). The summed E-state index contributed by atoms with van der Waals surface area (Å²) in [5.41, 5.74) is 0. The normalized spacial score (nSPS) is 12.1. The molecule has 0 atom stereocenters. The van der Waals surface area contributed by atoms with Gasteiger partial charge in [-0.25, -0.2) is 0 Å². The fraction of sp³-hybridized carbons (Fsp3) is 0.800. The number of allylic oxidation sites excluding steroid dienone is 1. The minimum absolute atomic E-state index is 0.500.